The quantitative estimate of drug-likeness (QED) is 0.292. The minimum atomic E-state index is -4.58. The van der Waals surface area contributed by atoms with E-state index < -0.39 is 21.8 Å². The zero-order valence-corrected chi connectivity index (χ0v) is 22.0. The molecule has 40 heavy (non-hydrogen) atoms. The fraction of sp³-hybridized carbons (Fsp3) is 0.200. The molecule has 0 amide bonds. The van der Waals surface area contributed by atoms with Gasteiger partial charge in [0.15, 0.2) is 5.65 Å². The summed E-state index contributed by atoms with van der Waals surface area (Å²) < 4.78 is 70.6. The van der Waals surface area contributed by atoms with Gasteiger partial charge in [0.05, 0.1) is 22.2 Å². The van der Waals surface area contributed by atoms with E-state index in [-0.39, 0.29) is 48.0 Å². The molecule has 0 saturated carbocycles. The predicted octanol–water partition coefficient (Wildman–Crippen LogP) is 3.95. The van der Waals surface area contributed by atoms with E-state index in [1.165, 1.54) is 31.7 Å². The minimum Gasteiger partial charge on any atom is -0.354 e. The standard InChI is InChI=1S/C25H19ClF3N7O3S/c26-21-13-17(25(27,28)29)14-22(32-21)33-8-10-34(11-9-33)40(38,39)18-2-3-20-16(12-18)4-7-35(20)24(37)19-15-31-36-6-1-5-30-23(19)36/h1-7,12-15H,8-11H2. The Kier molecular flexibility index (Phi) is 6.27. The van der Waals surface area contributed by atoms with Gasteiger partial charge in [-0.15, -0.1) is 0 Å². The smallest absolute Gasteiger partial charge is 0.354 e. The van der Waals surface area contributed by atoms with Crippen LogP contribution in [0.5, 0.6) is 0 Å². The van der Waals surface area contributed by atoms with Gasteiger partial charge >= 0.3 is 6.18 Å². The molecule has 1 aliphatic heterocycles. The average molecular weight is 590 g/mol. The summed E-state index contributed by atoms with van der Waals surface area (Å²) in [6, 6.07) is 9.46. The number of rotatable bonds is 4. The molecule has 6 rings (SSSR count). The lowest BCUT2D eigenvalue weighted by molar-refractivity contribution is -0.137. The molecule has 0 radical (unpaired) electrons. The Hall–Kier alpha value is -4.01. The van der Waals surface area contributed by atoms with Crippen LogP contribution in [0.25, 0.3) is 16.6 Å². The molecule has 1 fully saturated rings. The Morgan fingerprint density at radius 2 is 1.77 bits per heavy atom. The molecule has 0 N–H and O–H groups in total. The molecule has 5 aromatic rings. The van der Waals surface area contributed by atoms with Crippen LogP contribution in [-0.2, 0) is 16.2 Å². The molecule has 0 aliphatic carbocycles. The number of hydrogen-bond acceptors (Lipinski definition) is 7. The Balaban J connectivity index is 1.22. The second-order valence-corrected chi connectivity index (χ2v) is 11.4. The van der Waals surface area contributed by atoms with Crippen LogP contribution in [-0.4, -0.2) is 69.0 Å². The molecule has 0 atom stereocenters. The first-order chi connectivity index (χ1) is 19.0. The summed E-state index contributed by atoms with van der Waals surface area (Å²) in [5.41, 5.74) is 0.283. The SMILES string of the molecule is O=C(c1cnn2cccnc12)n1ccc2cc(S(=O)(=O)N3CCN(c4cc(C(F)(F)F)cc(Cl)n4)CC3)ccc21. The third-order valence-electron chi connectivity index (χ3n) is 6.70. The van der Waals surface area contributed by atoms with Gasteiger partial charge in [-0.05, 0) is 42.5 Å². The lowest BCUT2D eigenvalue weighted by atomic mass is 10.2. The largest absolute Gasteiger partial charge is 0.416 e. The second-order valence-electron chi connectivity index (χ2n) is 9.08. The molecular weight excluding hydrogens is 571 g/mol. The molecular formula is C25H19ClF3N7O3S. The molecule has 10 nitrogen and oxygen atoms in total. The predicted molar refractivity (Wildman–Crippen MR) is 140 cm³/mol. The van der Waals surface area contributed by atoms with Gasteiger partial charge in [-0.1, -0.05) is 11.6 Å². The van der Waals surface area contributed by atoms with Crippen molar-refractivity contribution in [3.63, 3.8) is 0 Å². The summed E-state index contributed by atoms with van der Waals surface area (Å²) in [5.74, 6) is -0.329. The van der Waals surface area contributed by atoms with E-state index in [9.17, 15) is 26.4 Å². The van der Waals surface area contributed by atoms with Crippen LogP contribution >= 0.6 is 11.6 Å². The number of pyridine rings is 1. The molecule has 1 aromatic carbocycles. The van der Waals surface area contributed by atoms with Crippen LogP contribution in [0.15, 0.2) is 72.1 Å². The molecule has 4 aromatic heterocycles. The first-order valence-electron chi connectivity index (χ1n) is 12.0. The Morgan fingerprint density at radius 3 is 2.52 bits per heavy atom. The van der Waals surface area contributed by atoms with Crippen molar-refractivity contribution in [3.8, 4) is 0 Å². The lowest BCUT2D eigenvalue weighted by Gasteiger charge is -2.35. The van der Waals surface area contributed by atoms with Crippen LogP contribution in [0, 0.1) is 0 Å². The molecule has 206 valence electrons. The number of alkyl halides is 3. The van der Waals surface area contributed by atoms with Crippen molar-refractivity contribution in [1.82, 2.24) is 28.5 Å². The zero-order chi connectivity index (χ0) is 28.2. The van der Waals surface area contributed by atoms with Gasteiger partial charge in [0.1, 0.15) is 16.5 Å². The van der Waals surface area contributed by atoms with Gasteiger partial charge in [0, 0.05) is 50.2 Å². The van der Waals surface area contributed by atoms with Crippen LogP contribution in [0.1, 0.15) is 15.9 Å². The monoisotopic (exact) mass is 589 g/mol. The topological polar surface area (TPSA) is 106 Å². The van der Waals surface area contributed by atoms with Crippen molar-refractivity contribution in [1.29, 1.82) is 0 Å². The fourth-order valence-corrected chi connectivity index (χ4v) is 6.34. The summed E-state index contributed by atoms with van der Waals surface area (Å²) in [6.07, 6.45) is 1.64. The summed E-state index contributed by atoms with van der Waals surface area (Å²) in [5, 5.41) is 4.39. The van der Waals surface area contributed by atoms with Crippen molar-refractivity contribution in [2.24, 2.45) is 0 Å². The normalized spacial score (nSPS) is 15.2. The van der Waals surface area contributed by atoms with E-state index in [1.54, 1.807) is 41.7 Å². The summed E-state index contributed by atoms with van der Waals surface area (Å²) in [4.78, 5) is 23.0. The van der Waals surface area contributed by atoms with Gasteiger partial charge < -0.3 is 4.90 Å². The van der Waals surface area contributed by atoms with E-state index in [2.05, 4.69) is 15.1 Å². The Labute approximate surface area is 230 Å². The number of carbonyl (C=O) groups excluding carboxylic acids is 1. The van der Waals surface area contributed by atoms with Crippen molar-refractivity contribution in [2.45, 2.75) is 11.1 Å². The van der Waals surface area contributed by atoms with Crippen LogP contribution in [0.2, 0.25) is 5.15 Å². The Bertz CT molecular complexity index is 1880. The second kappa shape index (κ2) is 9.57. The maximum Gasteiger partial charge on any atom is 0.416 e. The highest BCUT2D eigenvalue weighted by molar-refractivity contribution is 7.89. The number of hydrogen-bond donors (Lipinski definition) is 0. The van der Waals surface area contributed by atoms with Crippen LogP contribution in [0.3, 0.4) is 0 Å². The van der Waals surface area contributed by atoms with E-state index in [0.717, 1.165) is 12.1 Å². The van der Waals surface area contributed by atoms with Crippen molar-refractivity contribution in [2.75, 3.05) is 31.1 Å². The maximum atomic E-state index is 13.4. The first-order valence-corrected chi connectivity index (χ1v) is 13.8. The number of carbonyl (C=O) groups is 1. The highest BCUT2D eigenvalue weighted by Gasteiger charge is 2.34. The van der Waals surface area contributed by atoms with E-state index in [1.807, 2.05) is 0 Å². The number of benzene rings is 1. The summed E-state index contributed by atoms with van der Waals surface area (Å²) in [7, 11) is -3.92. The molecule has 5 heterocycles. The highest BCUT2D eigenvalue weighted by Crippen LogP contribution is 2.33. The molecule has 1 aliphatic rings. The summed E-state index contributed by atoms with van der Waals surface area (Å²) >= 11 is 5.81. The third-order valence-corrected chi connectivity index (χ3v) is 8.79. The molecule has 0 unspecified atom stereocenters. The molecule has 1 saturated heterocycles. The van der Waals surface area contributed by atoms with Gasteiger partial charge in [0.2, 0.25) is 10.0 Å². The van der Waals surface area contributed by atoms with Gasteiger partial charge in [-0.2, -0.15) is 22.6 Å². The number of nitrogens with zero attached hydrogens (tertiary/aromatic N) is 7. The highest BCUT2D eigenvalue weighted by atomic mass is 35.5. The maximum absolute atomic E-state index is 13.4. The average Bonchev–Trinajstić information content (AvgIpc) is 3.56. The van der Waals surface area contributed by atoms with Gasteiger partial charge in [-0.3, -0.25) is 9.36 Å². The van der Waals surface area contributed by atoms with Crippen LogP contribution < -0.4 is 4.90 Å². The number of anilines is 1. The fourth-order valence-electron chi connectivity index (χ4n) is 4.68. The van der Waals surface area contributed by atoms with Crippen LogP contribution in [0.4, 0.5) is 19.0 Å². The number of halogens is 4. The zero-order valence-electron chi connectivity index (χ0n) is 20.5. The number of piperazine rings is 1. The van der Waals surface area contributed by atoms with Crippen molar-refractivity contribution < 1.29 is 26.4 Å². The van der Waals surface area contributed by atoms with Gasteiger partial charge in [0.25, 0.3) is 5.91 Å². The molecule has 15 heteroatoms. The lowest BCUT2D eigenvalue weighted by Crippen LogP contribution is -2.49. The van der Waals surface area contributed by atoms with Gasteiger partial charge in [-0.25, -0.2) is 22.9 Å². The molecule has 0 spiro atoms. The van der Waals surface area contributed by atoms with E-state index in [4.69, 9.17) is 11.6 Å². The number of aromatic nitrogens is 5. The summed E-state index contributed by atoms with van der Waals surface area (Å²) in [6.45, 7) is 0.337. The Morgan fingerprint density at radius 1 is 1.00 bits per heavy atom. The van der Waals surface area contributed by atoms with Crippen molar-refractivity contribution in [3.05, 3.63) is 83.5 Å². The molecule has 0 bridgehead atoms. The third kappa shape index (κ3) is 4.57. The minimum absolute atomic E-state index is 0.0331. The number of sulfonamides is 1. The van der Waals surface area contributed by atoms with Crippen molar-refractivity contribution >= 4 is 49.9 Å². The van der Waals surface area contributed by atoms with E-state index in [0.29, 0.717) is 22.1 Å². The first kappa shape index (κ1) is 26.2. The number of fused-ring (bicyclic) bond motifs is 2. The van der Waals surface area contributed by atoms with E-state index >= 15 is 0 Å².